The Bertz CT molecular complexity index is 327. The number of rotatable bonds is 6. The number of carbonyl (C=O) groups excluding carboxylic acids is 1. The van der Waals surface area contributed by atoms with E-state index < -0.39 is 0 Å². The van der Waals surface area contributed by atoms with E-state index in [9.17, 15) is 4.79 Å². The van der Waals surface area contributed by atoms with E-state index in [0.717, 1.165) is 15.2 Å². The third kappa shape index (κ3) is 4.03. The van der Waals surface area contributed by atoms with Crippen LogP contribution in [0, 0.1) is 0 Å². The van der Waals surface area contributed by atoms with Crippen molar-refractivity contribution in [2.24, 2.45) is 0 Å². The first-order valence-electron chi connectivity index (χ1n) is 4.79. The van der Waals surface area contributed by atoms with Crippen LogP contribution in [-0.4, -0.2) is 42.0 Å². The zero-order chi connectivity index (χ0) is 11.3. The Labute approximate surface area is 102 Å². The fourth-order valence-corrected chi connectivity index (χ4v) is 2.55. The molecule has 0 atom stereocenters. The van der Waals surface area contributed by atoms with E-state index in [-0.39, 0.29) is 12.4 Å². The monoisotopic (exact) mass is 291 g/mol. The number of aliphatic hydroxyl groups is 1. The normalized spacial score (nSPS) is 10.9. The molecular formula is C10H14BrNO2S. The molecule has 0 aromatic carbocycles. The minimum atomic E-state index is 0.0925. The summed E-state index contributed by atoms with van der Waals surface area (Å²) >= 11 is 4.77. The van der Waals surface area contributed by atoms with E-state index in [4.69, 9.17) is 5.11 Å². The maximum Gasteiger partial charge on any atom is 0.186 e. The van der Waals surface area contributed by atoms with Gasteiger partial charge in [-0.3, -0.25) is 9.69 Å². The zero-order valence-corrected chi connectivity index (χ0v) is 11.0. The zero-order valence-electron chi connectivity index (χ0n) is 8.57. The van der Waals surface area contributed by atoms with Crippen molar-refractivity contribution >= 4 is 33.0 Å². The van der Waals surface area contributed by atoms with Gasteiger partial charge in [-0.25, -0.2) is 0 Å². The summed E-state index contributed by atoms with van der Waals surface area (Å²) in [5.41, 5.74) is 0. The van der Waals surface area contributed by atoms with Crippen molar-refractivity contribution in [1.82, 2.24) is 4.90 Å². The molecule has 1 aromatic heterocycles. The van der Waals surface area contributed by atoms with Gasteiger partial charge in [0.15, 0.2) is 5.78 Å². The van der Waals surface area contributed by atoms with Gasteiger partial charge in [0.2, 0.25) is 0 Å². The third-order valence-corrected chi connectivity index (χ3v) is 3.74. The number of hydrogen-bond donors (Lipinski definition) is 1. The maximum atomic E-state index is 11.8. The molecule has 84 valence electrons. The van der Waals surface area contributed by atoms with E-state index in [1.807, 2.05) is 24.0 Å². The summed E-state index contributed by atoms with van der Waals surface area (Å²) in [4.78, 5) is 14.5. The Balaban J connectivity index is 2.54. The maximum absolute atomic E-state index is 11.8. The van der Waals surface area contributed by atoms with Crippen LogP contribution in [0.3, 0.4) is 0 Å². The number of carbonyl (C=O) groups is 1. The summed E-state index contributed by atoms with van der Waals surface area (Å²) in [5.74, 6) is 0.112. The molecule has 0 amide bonds. The van der Waals surface area contributed by atoms with Crippen molar-refractivity contribution in [1.29, 1.82) is 0 Å². The lowest BCUT2D eigenvalue weighted by molar-refractivity contribution is 0.0923. The Hall–Kier alpha value is -0.230. The Morgan fingerprint density at radius 2 is 2.33 bits per heavy atom. The third-order valence-electron chi connectivity index (χ3n) is 2.08. The van der Waals surface area contributed by atoms with Crippen LogP contribution in [0.2, 0.25) is 0 Å². The quantitative estimate of drug-likeness (QED) is 0.815. The molecule has 1 N–H and O–H groups in total. The molecule has 1 heterocycles. The highest BCUT2D eigenvalue weighted by Gasteiger charge is 2.12. The van der Waals surface area contributed by atoms with Crippen molar-refractivity contribution in [3.63, 3.8) is 0 Å². The van der Waals surface area contributed by atoms with Gasteiger partial charge < -0.3 is 5.11 Å². The molecule has 15 heavy (non-hydrogen) atoms. The standard InChI is InChI=1S/C10H14BrNO2S/c1-2-12(5-6-13)7-8(14)9-3-4-10(11)15-9/h3-4,13H,2,5-7H2,1H3. The number of likely N-dealkylation sites (N-methyl/N-ethyl adjacent to an activating group) is 1. The summed E-state index contributed by atoms with van der Waals surface area (Å²) in [6, 6.07) is 3.70. The SMILES string of the molecule is CCN(CCO)CC(=O)c1ccc(Br)s1. The molecule has 0 aliphatic carbocycles. The van der Waals surface area contributed by atoms with E-state index in [1.54, 1.807) is 0 Å². The van der Waals surface area contributed by atoms with Crippen LogP contribution >= 0.6 is 27.3 Å². The first-order valence-corrected chi connectivity index (χ1v) is 6.40. The second kappa shape index (κ2) is 6.37. The number of ketones is 1. The van der Waals surface area contributed by atoms with Crippen molar-refractivity contribution in [2.45, 2.75) is 6.92 Å². The molecule has 0 saturated carbocycles. The molecule has 0 aliphatic heterocycles. The summed E-state index contributed by atoms with van der Waals surface area (Å²) in [7, 11) is 0. The van der Waals surface area contributed by atoms with Gasteiger partial charge in [-0.1, -0.05) is 6.92 Å². The predicted octanol–water partition coefficient (Wildman–Crippen LogP) is 2.01. The molecule has 0 fully saturated rings. The van der Waals surface area contributed by atoms with Crippen LogP contribution in [0.1, 0.15) is 16.6 Å². The largest absolute Gasteiger partial charge is 0.395 e. The van der Waals surface area contributed by atoms with Crippen LogP contribution in [0.15, 0.2) is 15.9 Å². The molecule has 0 unspecified atom stereocenters. The lowest BCUT2D eigenvalue weighted by Crippen LogP contribution is -2.31. The van der Waals surface area contributed by atoms with Crippen molar-refractivity contribution in [3.05, 3.63) is 20.8 Å². The van der Waals surface area contributed by atoms with E-state index in [2.05, 4.69) is 15.9 Å². The van der Waals surface area contributed by atoms with Crippen LogP contribution < -0.4 is 0 Å². The smallest absolute Gasteiger partial charge is 0.186 e. The van der Waals surface area contributed by atoms with Crippen molar-refractivity contribution in [3.8, 4) is 0 Å². The first kappa shape index (κ1) is 12.8. The number of aliphatic hydroxyl groups excluding tert-OH is 1. The number of Topliss-reactive ketones (excluding diaryl/α,β-unsaturated/α-hetero) is 1. The van der Waals surface area contributed by atoms with Crippen LogP contribution in [-0.2, 0) is 0 Å². The molecule has 1 aromatic rings. The second-order valence-corrected chi connectivity index (χ2v) is 5.58. The van der Waals surface area contributed by atoms with Crippen LogP contribution in [0.5, 0.6) is 0 Å². The highest BCUT2D eigenvalue weighted by Crippen LogP contribution is 2.22. The van der Waals surface area contributed by atoms with Gasteiger partial charge in [-0.05, 0) is 34.6 Å². The van der Waals surface area contributed by atoms with Gasteiger partial charge in [0.25, 0.3) is 0 Å². The minimum absolute atomic E-state index is 0.0925. The van der Waals surface area contributed by atoms with Gasteiger partial charge in [0, 0.05) is 6.54 Å². The molecule has 0 bridgehead atoms. The summed E-state index contributed by atoms with van der Waals surface area (Å²) in [6.07, 6.45) is 0. The van der Waals surface area contributed by atoms with Gasteiger partial charge in [-0.15, -0.1) is 11.3 Å². The lowest BCUT2D eigenvalue weighted by atomic mass is 10.3. The number of hydrogen-bond acceptors (Lipinski definition) is 4. The molecule has 1 rings (SSSR count). The van der Waals surface area contributed by atoms with Crippen LogP contribution in [0.25, 0.3) is 0 Å². The molecule has 0 saturated heterocycles. The van der Waals surface area contributed by atoms with Crippen molar-refractivity contribution in [2.75, 3.05) is 26.2 Å². The van der Waals surface area contributed by atoms with Gasteiger partial charge in [0.05, 0.1) is 21.8 Å². The van der Waals surface area contributed by atoms with Gasteiger partial charge in [0.1, 0.15) is 0 Å². The Morgan fingerprint density at radius 3 is 2.80 bits per heavy atom. The molecule has 3 nitrogen and oxygen atoms in total. The summed E-state index contributed by atoms with van der Waals surface area (Å²) in [6.45, 7) is 3.78. The molecule has 5 heteroatoms. The highest BCUT2D eigenvalue weighted by atomic mass is 79.9. The molecule has 0 aliphatic rings. The average Bonchev–Trinajstić information content (AvgIpc) is 2.64. The van der Waals surface area contributed by atoms with Gasteiger partial charge >= 0.3 is 0 Å². The Morgan fingerprint density at radius 1 is 1.60 bits per heavy atom. The summed E-state index contributed by atoms with van der Waals surface area (Å²) in [5, 5.41) is 8.80. The lowest BCUT2D eigenvalue weighted by Gasteiger charge is -2.17. The first-order chi connectivity index (χ1) is 7.17. The fourth-order valence-electron chi connectivity index (χ4n) is 1.24. The fraction of sp³-hybridized carbons (Fsp3) is 0.500. The van der Waals surface area contributed by atoms with Gasteiger partial charge in [-0.2, -0.15) is 0 Å². The number of thiophene rings is 1. The average molecular weight is 292 g/mol. The molecule has 0 radical (unpaired) electrons. The Kier molecular flexibility index (Phi) is 5.45. The number of nitrogens with zero attached hydrogens (tertiary/aromatic N) is 1. The summed E-state index contributed by atoms with van der Waals surface area (Å²) < 4.78 is 0.969. The van der Waals surface area contributed by atoms with E-state index >= 15 is 0 Å². The minimum Gasteiger partial charge on any atom is -0.395 e. The highest BCUT2D eigenvalue weighted by molar-refractivity contribution is 9.11. The van der Waals surface area contributed by atoms with Crippen LogP contribution in [0.4, 0.5) is 0 Å². The molecule has 0 spiro atoms. The van der Waals surface area contributed by atoms with E-state index in [1.165, 1.54) is 11.3 Å². The number of halogens is 1. The van der Waals surface area contributed by atoms with Crippen molar-refractivity contribution < 1.29 is 9.90 Å². The van der Waals surface area contributed by atoms with E-state index in [0.29, 0.717) is 13.1 Å². The molecular weight excluding hydrogens is 278 g/mol. The predicted molar refractivity (Wildman–Crippen MR) is 65.5 cm³/mol. The second-order valence-electron chi connectivity index (χ2n) is 3.12. The topological polar surface area (TPSA) is 40.5 Å².